The summed E-state index contributed by atoms with van der Waals surface area (Å²) in [5, 5.41) is 11.0. The summed E-state index contributed by atoms with van der Waals surface area (Å²) in [5.41, 5.74) is 0.508. The molecule has 0 radical (unpaired) electrons. The first kappa shape index (κ1) is 26.6. The van der Waals surface area contributed by atoms with Gasteiger partial charge in [0.05, 0.1) is 0 Å². The summed E-state index contributed by atoms with van der Waals surface area (Å²) in [5.74, 6) is -0.898. The second kappa shape index (κ2) is 12.2. The van der Waals surface area contributed by atoms with Crippen LogP contribution in [-0.4, -0.2) is 16.8 Å². The van der Waals surface area contributed by atoms with Gasteiger partial charge in [-0.1, -0.05) is 72.8 Å². The first-order valence-electron chi connectivity index (χ1n) is 12.2. The van der Waals surface area contributed by atoms with Gasteiger partial charge in [-0.15, -0.1) is 24.0 Å². The minimum absolute atomic E-state index is 0.0762. The number of hydrogen-bond donors (Lipinski definition) is 3. The van der Waals surface area contributed by atoms with E-state index in [2.05, 4.69) is 52.0 Å². The second-order valence-electron chi connectivity index (χ2n) is 8.49. The molecule has 0 aliphatic rings. The van der Waals surface area contributed by atoms with Crippen LogP contribution < -0.4 is 26.5 Å². The average molecular weight is 567 g/mol. The van der Waals surface area contributed by atoms with Crippen LogP contribution in [0, 0.1) is 0 Å². The molecule has 0 bridgehead atoms. The smallest absolute Gasteiger partial charge is 0.278 e. The third kappa shape index (κ3) is 5.57. The van der Waals surface area contributed by atoms with Crippen molar-refractivity contribution in [2.24, 2.45) is 0 Å². The summed E-state index contributed by atoms with van der Waals surface area (Å²) in [6, 6.07) is 38.9. The number of amides is 2. The van der Waals surface area contributed by atoms with Crippen LogP contribution in [0.2, 0.25) is 0 Å². The molecule has 0 atom stereocenters. The average Bonchev–Trinajstić information content (AvgIpc) is 3.51. The number of anilines is 1. The van der Waals surface area contributed by atoms with E-state index in [1.165, 1.54) is 11.3 Å². The highest BCUT2D eigenvalue weighted by atomic mass is 32.1. The minimum Gasteiger partial charge on any atom is -0.314 e. The number of thiazole rings is 1. The van der Waals surface area contributed by atoms with E-state index in [1.807, 2.05) is 60.7 Å². The van der Waals surface area contributed by atoms with Crippen molar-refractivity contribution in [2.45, 2.75) is 0 Å². The number of carbonyl (C=O) groups excluding carboxylic acids is 2. The van der Waals surface area contributed by atoms with Crippen molar-refractivity contribution in [3.8, 4) is 0 Å². The molecule has 0 fully saturated rings. The van der Waals surface area contributed by atoms with Crippen molar-refractivity contribution in [1.29, 1.82) is 0 Å². The minimum atomic E-state index is -2.74. The molecule has 5 nitrogen and oxygen atoms in total. The lowest BCUT2D eigenvalue weighted by atomic mass is 10.2. The Hall–Kier alpha value is -4.03. The van der Waals surface area contributed by atoms with E-state index in [4.69, 9.17) is 12.6 Å². The number of benzene rings is 4. The molecular formula is C31H25N3O2PS2+. The Kier molecular flexibility index (Phi) is 8.33. The van der Waals surface area contributed by atoms with Crippen molar-refractivity contribution in [2.75, 3.05) is 5.32 Å². The monoisotopic (exact) mass is 566 g/mol. The number of carbonyl (C=O) groups is 2. The van der Waals surface area contributed by atoms with Crippen molar-refractivity contribution >= 4 is 64.1 Å². The zero-order valence-corrected chi connectivity index (χ0v) is 23.4. The highest BCUT2D eigenvalue weighted by Crippen LogP contribution is 2.64. The van der Waals surface area contributed by atoms with Gasteiger partial charge in [0.15, 0.2) is 22.7 Å². The number of hydrogen-bond acceptors (Lipinski definition) is 5. The Labute approximate surface area is 237 Å². The molecule has 2 amide bonds. The third-order valence-corrected chi connectivity index (χ3v) is 12.0. The molecule has 5 rings (SSSR count). The summed E-state index contributed by atoms with van der Waals surface area (Å²) in [6.45, 7) is 0. The number of rotatable bonds is 8. The van der Waals surface area contributed by atoms with Crippen LogP contribution in [0.4, 0.5) is 5.13 Å². The molecular weight excluding hydrogens is 541 g/mol. The van der Waals surface area contributed by atoms with E-state index in [-0.39, 0.29) is 5.70 Å². The fourth-order valence-corrected chi connectivity index (χ4v) is 10.1. The molecule has 1 aromatic heterocycles. The Morgan fingerprint density at radius 1 is 0.692 bits per heavy atom. The molecule has 0 unspecified atom stereocenters. The summed E-state index contributed by atoms with van der Waals surface area (Å²) >= 11 is 6.45. The van der Waals surface area contributed by atoms with Crippen LogP contribution in [0.1, 0.15) is 10.4 Å². The first-order valence-corrected chi connectivity index (χ1v) is 15.3. The van der Waals surface area contributed by atoms with Crippen LogP contribution in [0.25, 0.3) is 0 Å². The van der Waals surface area contributed by atoms with E-state index in [1.54, 1.807) is 35.8 Å². The van der Waals surface area contributed by atoms with Gasteiger partial charge in [0.1, 0.15) is 15.9 Å². The second-order valence-corrected chi connectivity index (χ2v) is 13.5. The quantitative estimate of drug-likeness (QED) is 0.130. The number of thiol groups is 1. The number of nitrogens with zero attached hydrogens (tertiary/aromatic N) is 1. The summed E-state index contributed by atoms with van der Waals surface area (Å²) in [7, 11) is -2.74. The van der Waals surface area contributed by atoms with E-state index >= 15 is 0 Å². The van der Waals surface area contributed by atoms with Gasteiger partial charge >= 0.3 is 0 Å². The van der Waals surface area contributed by atoms with Crippen LogP contribution in [0.15, 0.2) is 143 Å². The topological polar surface area (TPSA) is 71.1 Å². The highest BCUT2D eigenvalue weighted by Gasteiger charge is 2.51. The lowest BCUT2D eigenvalue weighted by Gasteiger charge is -2.28. The van der Waals surface area contributed by atoms with Gasteiger partial charge in [0, 0.05) is 17.1 Å². The lowest BCUT2D eigenvalue weighted by Crippen LogP contribution is -2.37. The molecule has 4 aromatic carbocycles. The van der Waals surface area contributed by atoms with Crippen molar-refractivity contribution in [1.82, 2.24) is 10.3 Å². The predicted octanol–water partition coefficient (Wildman–Crippen LogP) is 5.60. The van der Waals surface area contributed by atoms with Gasteiger partial charge < -0.3 is 5.32 Å². The zero-order chi connectivity index (χ0) is 27.1. The van der Waals surface area contributed by atoms with Gasteiger partial charge in [0.25, 0.3) is 11.8 Å². The molecule has 1 heterocycles. The van der Waals surface area contributed by atoms with E-state index < -0.39 is 19.1 Å². The maximum atomic E-state index is 13.9. The first-order chi connectivity index (χ1) is 19.1. The molecule has 2 N–H and O–H groups in total. The van der Waals surface area contributed by atoms with Crippen molar-refractivity contribution < 1.29 is 9.59 Å². The zero-order valence-electron chi connectivity index (χ0n) is 20.8. The Balaban J connectivity index is 1.79. The number of nitrogens with one attached hydrogen (secondary N) is 2. The Morgan fingerprint density at radius 2 is 1.15 bits per heavy atom. The molecule has 0 aliphatic heterocycles. The van der Waals surface area contributed by atoms with Crippen LogP contribution in [0.5, 0.6) is 0 Å². The SMILES string of the molecule is O=C(Nc1nccs1)/C(NC(=O)c1ccccc1)=C(\S)[P+](c1ccccc1)(c1ccccc1)c1ccccc1. The van der Waals surface area contributed by atoms with E-state index in [0.29, 0.717) is 15.3 Å². The lowest BCUT2D eigenvalue weighted by molar-refractivity contribution is -0.113. The Bertz CT molecular complexity index is 1480. The molecule has 0 saturated heterocycles. The summed E-state index contributed by atoms with van der Waals surface area (Å²) in [4.78, 5) is 31.6. The molecule has 5 aromatic rings. The molecule has 0 spiro atoms. The van der Waals surface area contributed by atoms with Crippen LogP contribution in [0.3, 0.4) is 0 Å². The van der Waals surface area contributed by atoms with E-state index in [9.17, 15) is 9.59 Å². The van der Waals surface area contributed by atoms with Crippen molar-refractivity contribution in [3.05, 3.63) is 149 Å². The van der Waals surface area contributed by atoms with Gasteiger partial charge in [-0.05, 0) is 48.5 Å². The largest absolute Gasteiger partial charge is 0.314 e. The van der Waals surface area contributed by atoms with Gasteiger partial charge in [-0.2, -0.15) is 0 Å². The van der Waals surface area contributed by atoms with Crippen LogP contribution in [-0.2, 0) is 4.79 Å². The third-order valence-electron chi connectivity index (χ3n) is 6.13. The fraction of sp³-hybridized carbons (Fsp3) is 0. The van der Waals surface area contributed by atoms with Crippen LogP contribution >= 0.6 is 31.2 Å². The van der Waals surface area contributed by atoms with Gasteiger partial charge in [0.2, 0.25) is 0 Å². The van der Waals surface area contributed by atoms with E-state index in [0.717, 1.165) is 15.9 Å². The maximum absolute atomic E-state index is 13.9. The number of aromatic nitrogens is 1. The Morgan fingerprint density at radius 3 is 1.59 bits per heavy atom. The normalized spacial score (nSPS) is 11.8. The molecule has 8 heteroatoms. The summed E-state index contributed by atoms with van der Waals surface area (Å²) in [6.07, 6.45) is 1.61. The predicted molar refractivity (Wildman–Crippen MR) is 166 cm³/mol. The fourth-order valence-electron chi connectivity index (χ4n) is 4.37. The molecule has 39 heavy (non-hydrogen) atoms. The highest BCUT2D eigenvalue weighted by molar-refractivity contribution is 8.11. The molecule has 0 aliphatic carbocycles. The van der Waals surface area contributed by atoms with Crippen molar-refractivity contribution in [3.63, 3.8) is 0 Å². The molecule has 192 valence electrons. The maximum Gasteiger partial charge on any atom is 0.278 e. The standard InChI is InChI=1S/C31H24N3O2PS2/c35-28(23-13-5-1-6-14-23)33-27(29(36)34-31-32-21-22-39-31)30(38)37(24-15-7-2-8-16-24,25-17-9-3-10-18-25)26-19-11-4-12-20-26/h1-22H,(H2-,32,33,34,35,36,38)/p+1. The van der Waals surface area contributed by atoms with Gasteiger partial charge in [-0.25, -0.2) is 4.98 Å². The molecule has 0 saturated carbocycles. The summed E-state index contributed by atoms with van der Waals surface area (Å²) < 4.78 is 0.476. The van der Waals surface area contributed by atoms with Gasteiger partial charge in [-0.3, -0.25) is 14.9 Å².